The van der Waals surface area contributed by atoms with Crippen molar-refractivity contribution in [1.82, 2.24) is 0 Å². The normalized spacial score (nSPS) is 15.5. The van der Waals surface area contributed by atoms with Gasteiger partial charge in [0.15, 0.2) is 17.6 Å². The highest BCUT2D eigenvalue weighted by Crippen LogP contribution is 2.35. The molecule has 0 N–H and O–H groups in total. The van der Waals surface area contributed by atoms with Crippen molar-refractivity contribution < 1.29 is 13.5 Å². The number of ether oxygens (including phenoxy) is 1. The van der Waals surface area contributed by atoms with E-state index in [1.165, 1.54) is 62.7 Å². The number of rotatable bonds is 10. The summed E-state index contributed by atoms with van der Waals surface area (Å²) in [4.78, 5) is 0. The summed E-state index contributed by atoms with van der Waals surface area (Å²) in [5, 5.41) is 0. The maximum atomic E-state index is 15.2. The van der Waals surface area contributed by atoms with Gasteiger partial charge in [0.05, 0.1) is 0 Å². The zero-order valence-electron chi connectivity index (χ0n) is 17.9. The van der Waals surface area contributed by atoms with E-state index in [9.17, 15) is 4.39 Å². The van der Waals surface area contributed by atoms with Gasteiger partial charge in [-0.3, -0.25) is 0 Å². The first-order valence-electron chi connectivity index (χ1n) is 11.2. The molecule has 2 aromatic rings. The number of aryl methyl sites for hydroxylation is 1. The van der Waals surface area contributed by atoms with Crippen LogP contribution in [0.1, 0.15) is 51.0 Å². The molecule has 0 unspecified atom stereocenters. The van der Waals surface area contributed by atoms with Crippen molar-refractivity contribution in [2.24, 2.45) is 5.92 Å². The Hall–Kier alpha value is -1.39. The van der Waals surface area contributed by atoms with Crippen LogP contribution in [0, 0.1) is 17.6 Å². The molecule has 0 spiro atoms. The molecule has 0 amide bonds. The van der Waals surface area contributed by atoms with Crippen molar-refractivity contribution in [3.63, 3.8) is 0 Å². The summed E-state index contributed by atoms with van der Waals surface area (Å²) < 4.78 is 33.9. The molecule has 163 valence electrons. The number of halogens is 3. The zero-order valence-corrected chi connectivity index (χ0v) is 19.6. The number of hydrogen-bond donors (Lipinski definition) is 0. The van der Waals surface area contributed by atoms with E-state index >= 15 is 4.39 Å². The summed E-state index contributed by atoms with van der Waals surface area (Å²) in [6.07, 6.45) is 9.01. The molecule has 0 aliphatic carbocycles. The zero-order chi connectivity index (χ0) is 21.3. The fraction of sp³-hybridized carbons (Fsp3) is 0.520. The van der Waals surface area contributed by atoms with E-state index in [0.29, 0.717) is 11.1 Å². The van der Waals surface area contributed by atoms with E-state index in [0.717, 1.165) is 23.9 Å². The van der Waals surface area contributed by atoms with Crippen LogP contribution < -0.4 is 4.74 Å². The lowest BCUT2D eigenvalue weighted by Crippen LogP contribution is -2.22. The van der Waals surface area contributed by atoms with Gasteiger partial charge in [-0.25, -0.2) is 8.78 Å². The number of benzene rings is 2. The molecule has 0 bridgehead atoms. The molecule has 0 aromatic heterocycles. The van der Waals surface area contributed by atoms with Crippen molar-refractivity contribution in [2.45, 2.75) is 70.0 Å². The van der Waals surface area contributed by atoms with E-state index in [-0.39, 0.29) is 26.4 Å². The van der Waals surface area contributed by atoms with E-state index in [4.69, 9.17) is 16.3 Å². The first-order chi connectivity index (χ1) is 14.6. The predicted octanol–water partition coefficient (Wildman–Crippen LogP) is 8.23. The first kappa shape index (κ1) is 23.3. The average molecular weight is 450 g/mol. The van der Waals surface area contributed by atoms with Crippen LogP contribution in [0.4, 0.5) is 8.78 Å². The minimum absolute atomic E-state index is 0.0892. The third kappa shape index (κ3) is 6.30. The Labute approximate surface area is 186 Å². The lowest BCUT2D eigenvalue weighted by Gasteiger charge is -2.27. The number of hydrogen-bond acceptors (Lipinski definition) is 1. The van der Waals surface area contributed by atoms with Crippen molar-refractivity contribution in [3.05, 3.63) is 53.6 Å². The minimum atomic E-state index is -0.406. The van der Waals surface area contributed by atoms with Crippen LogP contribution in [-0.2, 0) is 6.42 Å². The third-order valence-electron chi connectivity index (χ3n) is 6.31. The summed E-state index contributed by atoms with van der Waals surface area (Å²) >= 11 is 5.78. The summed E-state index contributed by atoms with van der Waals surface area (Å²) in [6, 6.07) is 13.4. The number of alkyl halides is 1. The molecule has 2 aromatic carbocycles. The molecule has 1 saturated heterocycles. The molecule has 0 saturated carbocycles. The Balaban J connectivity index is 1.62. The second-order valence-corrected chi connectivity index (χ2v) is 11.6. The van der Waals surface area contributed by atoms with Gasteiger partial charge in [-0.05, 0) is 35.6 Å². The van der Waals surface area contributed by atoms with E-state index in [1.807, 2.05) is 6.07 Å². The summed E-state index contributed by atoms with van der Waals surface area (Å²) in [6.45, 7) is 2.26. The molecule has 3 rings (SSSR count). The molecular weight excluding hydrogens is 418 g/mol. The fourth-order valence-corrected chi connectivity index (χ4v) is 7.59. The predicted molar refractivity (Wildman–Crippen MR) is 124 cm³/mol. The van der Waals surface area contributed by atoms with Crippen molar-refractivity contribution in [2.75, 3.05) is 6.07 Å². The molecule has 30 heavy (non-hydrogen) atoms. The van der Waals surface area contributed by atoms with Gasteiger partial charge in [0.2, 0.25) is 0 Å². The van der Waals surface area contributed by atoms with Gasteiger partial charge in [-0.2, -0.15) is 0 Å². The highest BCUT2D eigenvalue weighted by atomic mass is 35.5. The van der Waals surface area contributed by atoms with Crippen LogP contribution in [0.3, 0.4) is 0 Å². The lowest BCUT2D eigenvalue weighted by molar-refractivity contribution is 0.360. The smallest absolute Gasteiger partial charge is 0.173 e. The molecule has 5 heteroatoms. The Morgan fingerprint density at radius 1 is 1.03 bits per heavy atom. The number of unbranched alkanes of at least 4 members (excludes halogenated alkanes) is 2. The summed E-state index contributed by atoms with van der Waals surface area (Å²) in [5.74, 6) is 0.434. The van der Waals surface area contributed by atoms with Crippen LogP contribution in [0.15, 0.2) is 36.4 Å². The molecule has 0 atom stereocenters. The van der Waals surface area contributed by atoms with E-state index in [2.05, 4.69) is 6.92 Å². The van der Waals surface area contributed by atoms with Gasteiger partial charge in [-0.15, -0.1) is 0 Å². The van der Waals surface area contributed by atoms with Gasteiger partial charge in [0.1, 0.15) is 5.82 Å². The van der Waals surface area contributed by atoms with Gasteiger partial charge in [0, 0.05) is 14.4 Å². The lowest BCUT2D eigenvalue weighted by atomic mass is 9.96. The monoisotopic (exact) mass is 449 g/mol. The molecule has 1 nitrogen and oxygen atoms in total. The van der Waals surface area contributed by atoms with Crippen LogP contribution in [-0.4, -0.2) is 14.9 Å². The second kappa shape index (κ2) is 11.9. The first-order valence-corrected chi connectivity index (χ1v) is 13.9. The van der Waals surface area contributed by atoms with Gasteiger partial charge >= 0.3 is 0 Å². The summed E-state index contributed by atoms with van der Waals surface area (Å²) in [7, 11) is -0.371. The standard InChI is InChI=1S/C25H32ClF2OSi/c1-2-3-4-5-19-12-15-30(16-13-19)17-14-21-8-11-23(24(28)25(21)29-18-26)20-6-9-22(27)10-7-20/h6-11,19H,2-5,12-18H2,1H3. The van der Waals surface area contributed by atoms with E-state index < -0.39 is 5.82 Å². The van der Waals surface area contributed by atoms with Crippen LogP contribution in [0.25, 0.3) is 11.1 Å². The molecule has 1 aliphatic heterocycles. The molecule has 1 heterocycles. The Kier molecular flexibility index (Phi) is 9.20. The Morgan fingerprint density at radius 2 is 1.77 bits per heavy atom. The Bertz CT molecular complexity index is 788. The van der Waals surface area contributed by atoms with Crippen LogP contribution in [0.2, 0.25) is 18.1 Å². The highest BCUT2D eigenvalue weighted by molar-refractivity contribution is 6.59. The third-order valence-corrected chi connectivity index (χ3v) is 9.37. The molecular formula is C25H32ClF2OSi. The highest BCUT2D eigenvalue weighted by Gasteiger charge is 2.23. The summed E-state index contributed by atoms with van der Waals surface area (Å²) in [5.41, 5.74) is 1.94. The van der Waals surface area contributed by atoms with Crippen LogP contribution >= 0.6 is 11.6 Å². The van der Waals surface area contributed by atoms with Crippen molar-refractivity contribution in [3.8, 4) is 16.9 Å². The molecule has 1 fully saturated rings. The molecule has 1 radical (unpaired) electrons. The second-order valence-electron chi connectivity index (χ2n) is 8.36. The minimum Gasteiger partial charge on any atom is -0.475 e. The topological polar surface area (TPSA) is 9.23 Å². The Morgan fingerprint density at radius 3 is 2.43 bits per heavy atom. The maximum Gasteiger partial charge on any atom is 0.173 e. The quantitative estimate of drug-likeness (QED) is 0.201. The van der Waals surface area contributed by atoms with E-state index in [1.54, 1.807) is 18.2 Å². The SMILES string of the molecule is CCCCCC1CC[Si](CCc2ccc(-c3ccc(F)cc3)c(F)c2OCCl)CC1. The largest absolute Gasteiger partial charge is 0.475 e. The molecule has 1 aliphatic rings. The average Bonchev–Trinajstić information content (AvgIpc) is 2.76. The van der Waals surface area contributed by atoms with Gasteiger partial charge in [0.25, 0.3) is 0 Å². The maximum absolute atomic E-state index is 15.2. The van der Waals surface area contributed by atoms with Gasteiger partial charge in [-0.1, -0.05) is 99.4 Å². The fourth-order valence-electron chi connectivity index (χ4n) is 4.47. The van der Waals surface area contributed by atoms with Crippen molar-refractivity contribution in [1.29, 1.82) is 0 Å². The van der Waals surface area contributed by atoms with Gasteiger partial charge < -0.3 is 4.74 Å². The van der Waals surface area contributed by atoms with Crippen LogP contribution in [0.5, 0.6) is 5.75 Å². The van der Waals surface area contributed by atoms with Crippen molar-refractivity contribution >= 4 is 20.4 Å².